The van der Waals surface area contributed by atoms with Gasteiger partial charge in [-0.3, -0.25) is 4.79 Å². The number of carbonyl (C=O) groups excluding carboxylic acids is 1. The first-order chi connectivity index (χ1) is 10.9. The molecule has 0 N–H and O–H groups in total. The fourth-order valence-electron chi connectivity index (χ4n) is 2.64. The molecule has 0 radical (unpaired) electrons. The Morgan fingerprint density at radius 1 is 1.09 bits per heavy atom. The summed E-state index contributed by atoms with van der Waals surface area (Å²) in [5, 5.41) is 0.479. The number of ketones is 1. The zero-order chi connectivity index (χ0) is 16.6. The van der Waals surface area contributed by atoms with Crippen molar-refractivity contribution in [1.29, 1.82) is 0 Å². The van der Waals surface area contributed by atoms with E-state index < -0.39 is 10.0 Å². The molecule has 0 bridgehead atoms. The number of rotatable bonds is 2. The third kappa shape index (κ3) is 3.17. The second-order valence-electron chi connectivity index (χ2n) is 5.63. The number of sulfonamides is 1. The third-order valence-corrected chi connectivity index (χ3v) is 6.06. The van der Waals surface area contributed by atoms with Crippen molar-refractivity contribution in [2.24, 2.45) is 0 Å². The van der Waals surface area contributed by atoms with Crippen LogP contribution in [0.25, 0.3) is 0 Å². The van der Waals surface area contributed by atoms with Crippen LogP contribution in [0.1, 0.15) is 27.9 Å². The van der Waals surface area contributed by atoms with E-state index in [2.05, 4.69) is 0 Å². The maximum Gasteiger partial charge on any atom is 0.243 e. The van der Waals surface area contributed by atoms with E-state index in [9.17, 15) is 13.2 Å². The highest BCUT2D eigenvalue weighted by atomic mass is 35.5. The zero-order valence-electron chi connectivity index (χ0n) is 12.6. The number of hydrogen-bond acceptors (Lipinski definition) is 3. The molecule has 4 nitrogen and oxygen atoms in total. The molecule has 1 aliphatic heterocycles. The van der Waals surface area contributed by atoms with Gasteiger partial charge in [-0.15, -0.1) is 0 Å². The summed E-state index contributed by atoms with van der Waals surface area (Å²) in [7, 11) is -3.63. The maximum atomic E-state index is 12.8. The molecule has 0 saturated heterocycles. The summed E-state index contributed by atoms with van der Waals surface area (Å²) in [5.41, 5.74) is 2.20. The summed E-state index contributed by atoms with van der Waals surface area (Å²) in [6, 6.07) is 11.7. The van der Waals surface area contributed by atoms with Crippen LogP contribution in [0.3, 0.4) is 0 Å². The van der Waals surface area contributed by atoms with E-state index in [0.717, 1.165) is 5.56 Å². The van der Waals surface area contributed by atoms with Gasteiger partial charge in [-0.05, 0) is 36.8 Å². The Balaban J connectivity index is 1.99. The lowest BCUT2D eigenvalue weighted by Gasteiger charge is -2.20. The summed E-state index contributed by atoms with van der Waals surface area (Å²) in [5.74, 6) is -0.0795. The fourth-order valence-corrected chi connectivity index (χ4v) is 4.23. The van der Waals surface area contributed by atoms with Gasteiger partial charge in [0.15, 0.2) is 5.78 Å². The van der Waals surface area contributed by atoms with Crippen molar-refractivity contribution in [2.45, 2.75) is 24.8 Å². The average molecular weight is 350 g/mol. The molecule has 6 heteroatoms. The number of aryl methyl sites for hydroxylation is 1. The lowest BCUT2D eigenvalue weighted by Crippen LogP contribution is -2.31. The lowest BCUT2D eigenvalue weighted by atomic mass is 10.0. The minimum absolute atomic E-state index is 0.0795. The molecule has 0 saturated carbocycles. The molecule has 23 heavy (non-hydrogen) atoms. The van der Waals surface area contributed by atoms with Crippen LogP contribution in [0.2, 0.25) is 5.02 Å². The second kappa shape index (κ2) is 6.07. The highest BCUT2D eigenvalue weighted by molar-refractivity contribution is 7.89. The Kier molecular flexibility index (Phi) is 4.27. The van der Waals surface area contributed by atoms with Crippen LogP contribution in [0.5, 0.6) is 0 Å². The van der Waals surface area contributed by atoms with Gasteiger partial charge in [-0.1, -0.05) is 35.4 Å². The highest BCUT2D eigenvalue weighted by Gasteiger charge is 2.29. The van der Waals surface area contributed by atoms with Gasteiger partial charge >= 0.3 is 0 Å². The van der Waals surface area contributed by atoms with E-state index in [1.54, 1.807) is 42.5 Å². The molecule has 120 valence electrons. The van der Waals surface area contributed by atoms with Gasteiger partial charge < -0.3 is 0 Å². The number of hydrogen-bond donors (Lipinski definition) is 0. The van der Waals surface area contributed by atoms with Gasteiger partial charge in [-0.25, -0.2) is 8.42 Å². The molecule has 2 aromatic rings. The lowest BCUT2D eigenvalue weighted by molar-refractivity contribution is 0.0981. The van der Waals surface area contributed by atoms with Crippen LogP contribution in [-0.2, 0) is 16.6 Å². The zero-order valence-corrected chi connectivity index (χ0v) is 14.2. The normalized spacial score (nSPS) is 16.0. The Bertz CT molecular complexity index is 860. The molecule has 0 aliphatic carbocycles. The van der Waals surface area contributed by atoms with Crippen molar-refractivity contribution in [1.82, 2.24) is 4.31 Å². The molecule has 3 rings (SSSR count). The van der Waals surface area contributed by atoms with Crippen LogP contribution in [0.15, 0.2) is 47.4 Å². The minimum atomic E-state index is -3.63. The smallest absolute Gasteiger partial charge is 0.243 e. The average Bonchev–Trinajstić information content (AvgIpc) is 2.68. The van der Waals surface area contributed by atoms with Crippen molar-refractivity contribution in [2.75, 3.05) is 6.54 Å². The molecular weight excluding hydrogens is 334 g/mol. The van der Waals surface area contributed by atoms with Gasteiger partial charge in [0, 0.05) is 30.1 Å². The molecule has 2 aromatic carbocycles. The Hall–Kier alpha value is -1.69. The molecule has 0 atom stereocenters. The Morgan fingerprint density at radius 3 is 2.48 bits per heavy atom. The first-order valence-corrected chi connectivity index (χ1v) is 9.08. The largest absolute Gasteiger partial charge is 0.294 e. The van der Waals surface area contributed by atoms with Gasteiger partial charge in [-0.2, -0.15) is 4.31 Å². The van der Waals surface area contributed by atoms with E-state index in [4.69, 9.17) is 11.6 Å². The van der Waals surface area contributed by atoms with Crippen molar-refractivity contribution < 1.29 is 13.2 Å². The van der Waals surface area contributed by atoms with Crippen LogP contribution >= 0.6 is 11.6 Å². The Morgan fingerprint density at radius 2 is 1.78 bits per heavy atom. The van der Waals surface area contributed by atoms with E-state index in [1.165, 1.54) is 4.31 Å². The van der Waals surface area contributed by atoms with Crippen LogP contribution < -0.4 is 0 Å². The summed E-state index contributed by atoms with van der Waals surface area (Å²) in [6.45, 7) is 2.25. The Labute approximate surface area is 140 Å². The van der Waals surface area contributed by atoms with E-state index >= 15 is 0 Å². The quantitative estimate of drug-likeness (QED) is 0.834. The summed E-state index contributed by atoms with van der Waals surface area (Å²) in [4.78, 5) is 12.5. The van der Waals surface area contributed by atoms with Crippen LogP contribution in [0.4, 0.5) is 0 Å². The van der Waals surface area contributed by atoms with Crippen LogP contribution in [-0.4, -0.2) is 25.1 Å². The number of halogens is 1. The third-order valence-electron chi connectivity index (χ3n) is 3.97. The molecule has 0 unspecified atom stereocenters. The van der Waals surface area contributed by atoms with Gasteiger partial charge in [0.2, 0.25) is 10.0 Å². The van der Waals surface area contributed by atoms with Gasteiger partial charge in [0.25, 0.3) is 0 Å². The predicted octanol–water partition coefficient (Wildman–Crippen LogP) is 3.43. The summed E-state index contributed by atoms with van der Waals surface area (Å²) >= 11 is 5.95. The molecule has 0 aromatic heterocycles. The maximum absolute atomic E-state index is 12.8. The molecule has 0 amide bonds. The second-order valence-corrected chi connectivity index (χ2v) is 8.00. The predicted molar refractivity (Wildman–Crippen MR) is 89.2 cm³/mol. The number of benzene rings is 2. The van der Waals surface area contributed by atoms with E-state index in [1.807, 2.05) is 6.92 Å². The first-order valence-electron chi connectivity index (χ1n) is 7.26. The fraction of sp³-hybridized carbons (Fsp3) is 0.235. The highest BCUT2D eigenvalue weighted by Crippen LogP contribution is 2.26. The summed E-state index contributed by atoms with van der Waals surface area (Å²) in [6.07, 6.45) is 0.151. The topological polar surface area (TPSA) is 54.5 Å². The monoisotopic (exact) mass is 349 g/mol. The first kappa shape index (κ1) is 16.2. The molecule has 0 fully saturated rings. The van der Waals surface area contributed by atoms with Crippen molar-refractivity contribution in [3.63, 3.8) is 0 Å². The van der Waals surface area contributed by atoms with E-state index in [0.29, 0.717) is 16.1 Å². The number of Topliss-reactive ketones (excluding diaryl/α,β-unsaturated/α-hetero) is 1. The number of fused-ring (bicyclic) bond motifs is 1. The molecule has 0 spiro atoms. The minimum Gasteiger partial charge on any atom is -0.294 e. The SMILES string of the molecule is Cc1ccc(S(=O)(=O)N2CCC(=O)c3cc(Cl)ccc3C2)cc1. The van der Waals surface area contributed by atoms with E-state index in [-0.39, 0.29) is 30.2 Å². The molecular formula is C17H16ClNO3S. The number of carbonyl (C=O) groups is 1. The van der Waals surface area contributed by atoms with Gasteiger partial charge in [0.05, 0.1) is 4.90 Å². The van der Waals surface area contributed by atoms with Crippen molar-refractivity contribution in [3.8, 4) is 0 Å². The summed E-state index contributed by atoms with van der Waals surface area (Å²) < 4.78 is 27.0. The molecule has 1 aliphatic rings. The van der Waals surface area contributed by atoms with Crippen LogP contribution in [0, 0.1) is 6.92 Å². The van der Waals surface area contributed by atoms with Crippen molar-refractivity contribution in [3.05, 3.63) is 64.2 Å². The van der Waals surface area contributed by atoms with Gasteiger partial charge in [0.1, 0.15) is 0 Å². The molecule has 1 heterocycles. The standard InChI is InChI=1S/C17H16ClNO3S/c1-12-2-6-15(7-3-12)23(21,22)19-9-8-17(20)16-10-14(18)5-4-13(16)11-19/h2-7,10H,8-9,11H2,1H3. The van der Waals surface area contributed by atoms with Crippen molar-refractivity contribution >= 4 is 27.4 Å². The number of nitrogens with zero attached hydrogens (tertiary/aromatic N) is 1.